The second-order valence-electron chi connectivity index (χ2n) is 4.40. The summed E-state index contributed by atoms with van der Waals surface area (Å²) in [5.41, 5.74) is 1.25. The van der Waals surface area contributed by atoms with Crippen LogP contribution in [0.5, 0.6) is 0 Å². The zero-order valence-corrected chi connectivity index (χ0v) is 12.3. The number of aliphatic imine (C=N–C) groups is 1. The van der Waals surface area contributed by atoms with Crippen molar-refractivity contribution < 1.29 is 0 Å². The van der Waals surface area contributed by atoms with Crippen LogP contribution in [0.15, 0.2) is 35.3 Å². The fourth-order valence-electron chi connectivity index (χ4n) is 1.82. The van der Waals surface area contributed by atoms with Gasteiger partial charge in [0.1, 0.15) is 0 Å². The van der Waals surface area contributed by atoms with E-state index in [1.54, 1.807) is 0 Å². The van der Waals surface area contributed by atoms with Gasteiger partial charge in [-0.25, -0.2) is 0 Å². The number of hydrogen-bond donors (Lipinski definition) is 2. The van der Waals surface area contributed by atoms with Crippen molar-refractivity contribution in [1.82, 2.24) is 10.6 Å². The maximum atomic E-state index is 4.54. The standard InChI is InChI=1S/C15H26N4/c1-4-16-15(17-5-2)18-12-9-13-19(3)14-10-7-6-8-11-14/h6-8,10-11H,4-5,9,12-13H2,1-3H3,(H2,16,17,18). The van der Waals surface area contributed by atoms with E-state index in [0.717, 1.165) is 38.6 Å². The molecule has 0 bridgehead atoms. The van der Waals surface area contributed by atoms with Gasteiger partial charge in [0, 0.05) is 38.9 Å². The van der Waals surface area contributed by atoms with Gasteiger partial charge < -0.3 is 15.5 Å². The number of hydrogen-bond acceptors (Lipinski definition) is 2. The number of nitrogens with zero attached hydrogens (tertiary/aromatic N) is 2. The van der Waals surface area contributed by atoms with Crippen LogP contribution in [0.3, 0.4) is 0 Å². The van der Waals surface area contributed by atoms with Gasteiger partial charge in [0.15, 0.2) is 5.96 Å². The quantitative estimate of drug-likeness (QED) is 0.449. The molecule has 1 aromatic rings. The van der Waals surface area contributed by atoms with Gasteiger partial charge in [0.05, 0.1) is 0 Å². The molecule has 4 nitrogen and oxygen atoms in total. The highest BCUT2D eigenvalue weighted by atomic mass is 15.2. The minimum absolute atomic E-state index is 0.840. The summed E-state index contributed by atoms with van der Waals surface area (Å²) in [6.45, 7) is 7.81. The summed E-state index contributed by atoms with van der Waals surface area (Å²) in [4.78, 5) is 6.80. The summed E-state index contributed by atoms with van der Waals surface area (Å²) in [7, 11) is 2.12. The van der Waals surface area contributed by atoms with E-state index in [1.165, 1.54) is 5.69 Å². The fraction of sp³-hybridized carbons (Fsp3) is 0.533. The molecule has 0 amide bonds. The predicted molar refractivity (Wildman–Crippen MR) is 84.0 cm³/mol. The third-order valence-electron chi connectivity index (χ3n) is 2.81. The molecule has 0 aliphatic heterocycles. The first-order valence-electron chi connectivity index (χ1n) is 7.06. The van der Waals surface area contributed by atoms with Gasteiger partial charge in [-0.15, -0.1) is 0 Å². The summed E-state index contributed by atoms with van der Waals surface area (Å²) < 4.78 is 0. The Balaban J connectivity index is 2.31. The van der Waals surface area contributed by atoms with E-state index in [2.05, 4.69) is 65.7 Å². The molecule has 4 heteroatoms. The summed E-state index contributed by atoms with van der Waals surface area (Å²) in [5, 5.41) is 6.46. The van der Waals surface area contributed by atoms with Gasteiger partial charge in [-0.2, -0.15) is 0 Å². The lowest BCUT2D eigenvalue weighted by atomic mass is 10.3. The molecule has 1 rings (SSSR count). The molecule has 0 spiro atoms. The average molecular weight is 262 g/mol. The zero-order chi connectivity index (χ0) is 13.9. The normalized spacial score (nSPS) is 9.84. The molecule has 0 saturated carbocycles. The first kappa shape index (κ1) is 15.3. The van der Waals surface area contributed by atoms with E-state index in [1.807, 2.05) is 6.07 Å². The van der Waals surface area contributed by atoms with Crippen LogP contribution >= 0.6 is 0 Å². The van der Waals surface area contributed by atoms with Gasteiger partial charge in [-0.3, -0.25) is 4.99 Å². The van der Waals surface area contributed by atoms with Crippen LogP contribution in [0.4, 0.5) is 5.69 Å². The van der Waals surface area contributed by atoms with Gasteiger partial charge in [0.2, 0.25) is 0 Å². The van der Waals surface area contributed by atoms with Gasteiger partial charge in [-0.05, 0) is 32.4 Å². The van der Waals surface area contributed by atoms with Crippen LogP contribution < -0.4 is 15.5 Å². The van der Waals surface area contributed by atoms with Crippen LogP contribution in [0.25, 0.3) is 0 Å². The molecule has 2 N–H and O–H groups in total. The van der Waals surface area contributed by atoms with Crippen molar-refractivity contribution in [1.29, 1.82) is 0 Å². The van der Waals surface area contributed by atoms with Crippen molar-refractivity contribution in [3.63, 3.8) is 0 Å². The Kier molecular flexibility index (Phi) is 7.47. The molecule has 0 atom stereocenters. The molecule has 0 radical (unpaired) electrons. The van der Waals surface area contributed by atoms with Crippen molar-refractivity contribution in [3.8, 4) is 0 Å². The Bertz CT molecular complexity index is 354. The largest absolute Gasteiger partial charge is 0.375 e. The highest BCUT2D eigenvalue weighted by molar-refractivity contribution is 5.79. The summed E-state index contributed by atoms with van der Waals surface area (Å²) in [5.74, 6) is 0.910. The maximum Gasteiger partial charge on any atom is 0.191 e. The van der Waals surface area contributed by atoms with Gasteiger partial charge in [0.25, 0.3) is 0 Å². The molecular formula is C15H26N4. The molecule has 0 heterocycles. The maximum absolute atomic E-state index is 4.54. The molecule has 0 aromatic heterocycles. The lowest BCUT2D eigenvalue weighted by Gasteiger charge is -2.18. The van der Waals surface area contributed by atoms with Crippen molar-refractivity contribution in [2.24, 2.45) is 4.99 Å². The average Bonchev–Trinajstić information content (AvgIpc) is 2.44. The number of benzene rings is 1. The topological polar surface area (TPSA) is 39.7 Å². The van der Waals surface area contributed by atoms with Crippen LogP contribution in [0, 0.1) is 0 Å². The molecule has 1 aromatic carbocycles. The molecule has 0 fully saturated rings. The highest BCUT2D eigenvalue weighted by Gasteiger charge is 1.99. The molecule has 0 aliphatic rings. The van der Waals surface area contributed by atoms with E-state index in [9.17, 15) is 0 Å². The number of anilines is 1. The molecule has 0 saturated heterocycles. The van der Waals surface area contributed by atoms with Crippen molar-refractivity contribution in [2.75, 3.05) is 38.1 Å². The Labute approximate surface area is 116 Å². The van der Waals surface area contributed by atoms with E-state index in [0.29, 0.717) is 0 Å². The van der Waals surface area contributed by atoms with Crippen molar-refractivity contribution >= 4 is 11.6 Å². The van der Waals surface area contributed by atoms with Gasteiger partial charge in [-0.1, -0.05) is 18.2 Å². The molecule has 0 unspecified atom stereocenters. The Morgan fingerprint density at radius 3 is 2.32 bits per heavy atom. The molecule has 19 heavy (non-hydrogen) atoms. The first-order chi connectivity index (χ1) is 9.27. The van der Waals surface area contributed by atoms with Crippen LogP contribution in [-0.2, 0) is 0 Å². The highest BCUT2D eigenvalue weighted by Crippen LogP contribution is 2.10. The Hall–Kier alpha value is -1.71. The third kappa shape index (κ3) is 6.13. The zero-order valence-electron chi connectivity index (χ0n) is 12.3. The van der Waals surface area contributed by atoms with Crippen LogP contribution in [0.1, 0.15) is 20.3 Å². The fourth-order valence-corrected chi connectivity index (χ4v) is 1.82. The number of para-hydroxylation sites is 1. The second-order valence-corrected chi connectivity index (χ2v) is 4.40. The Morgan fingerprint density at radius 2 is 1.74 bits per heavy atom. The number of nitrogens with one attached hydrogen (secondary N) is 2. The minimum Gasteiger partial charge on any atom is -0.375 e. The van der Waals surface area contributed by atoms with E-state index < -0.39 is 0 Å². The summed E-state index contributed by atoms with van der Waals surface area (Å²) >= 11 is 0. The summed E-state index contributed by atoms with van der Waals surface area (Å²) in [6.07, 6.45) is 1.05. The van der Waals surface area contributed by atoms with Crippen LogP contribution in [-0.4, -0.2) is 39.2 Å². The second kappa shape index (κ2) is 9.25. The summed E-state index contributed by atoms with van der Waals surface area (Å²) in [6, 6.07) is 10.4. The Morgan fingerprint density at radius 1 is 1.11 bits per heavy atom. The SMILES string of the molecule is CCNC(=NCCCN(C)c1ccccc1)NCC. The molecular weight excluding hydrogens is 236 g/mol. The minimum atomic E-state index is 0.840. The van der Waals surface area contributed by atoms with Crippen molar-refractivity contribution in [3.05, 3.63) is 30.3 Å². The van der Waals surface area contributed by atoms with Crippen molar-refractivity contribution in [2.45, 2.75) is 20.3 Å². The van der Waals surface area contributed by atoms with E-state index in [-0.39, 0.29) is 0 Å². The number of guanidine groups is 1. The monoisotopic (exact) mass is 262 g/mol. The lowest BCUT2D eigenvalue weighted by molar-refractivity contribution is 0.775. The third-order valence-corrected chi connectivity index (χ3v) is 2.81. The van der Waals surface area contributed by atoms with Crippen LogP contribution in [0.2, 0.25) is 0 Å². The van der Waals surface area contributed by atoms with E-state index in [4.69, 9.17) is 0 Å². The smallest absolute Gasteiger partial charge is 0.191 e. The molecule has 0 aliphatic carbocycles. The molecule has 106 valence electrons. The van der Waals surface area contributed by atoms with Gasteiger partial charge >= 0.3 is 0 Å². The predicted octanol–water partition coefficient (Wildman–Crippen LogP) is 2.09. The first-order valence-corrected chi connectivity index (χ1v) is 7.06. The van der Waals surface area contributed by atoms with E-state index >= 15 is 0 Å². The lowest BCUT2D eigenvalue weighted by Crippen LogP contribution is -2.37. The number of rotatable bonds is 7.